The van der Waals surface area contributed by atoms with Crippen LogP contribution in [0.3, 0.4) is 0 Å². The average Bonchev–Trinajstić information content (AvgIpc) is 3.27. The van der Waals surface area contributed by atoms with Crippen molar-refractivity contribution in [2.75, 3.05) is 19.0 Å². The number of rotatable bonds is 11. The topological polar surface area (TPSA) is 86.7 Å². The molecule has 6 heteroatoms. The highest BCUT2D eigenvalue weighted by atomic mass is 16.5. The minimum absolute atomic E-state index is 0.0919. The molecule has 6 nitrogen and oxygen atoms in total. The lowest BCUT2D eigenvalue weighted by molar-refractivity contribution is -0.142. The number of carbonyl (C=O) groups is 1. The van der Waals surface area contributed by atoms with Crippen molar-refractivity contribution in [3.05, 3.63) is 89.9 Å². The van der Waals surface area contributed by atoms with Crippen molar-refractivity contribution < 1.29 is 18.7 Å². The normalized spacial score (nSPS) is 12.0. The lowest BCUT2D eigenvalue weighted by Gasteiger charge is -2.12. The van der Waals surface area contributed by atoms with Crippen molar-refractivity contribution in [3.8, 4) is 11.1 Å². The summed E-state index contributed by atoms with van der Waals surface area (Å²) in [5.41, 5.74) is 12.2. The summed E-state index contributed by atoms with van der Waals surface area (Å²) >= 11 is 0. The summed E-state index contributed by atoms with van der Waals surface area (Å²) in [4.78, 5) is 12.0. The van der Waals surface area contributed by atoms with Crippen molar-refractivity contribution in [3.63, 3.8) is 0 Å². The number of carbonyl (C=O) groups excluding carboxylic acids is 1. The number of furan rings is 1. The van der Waals surface area contributed by atoms with Gasteiger partial charge in [-0.3, -0.25) is 4.79 Å². The lowest BCUT2D eigenvalue weighted by atomic mass is 10.00. The molecule has 34 heavy (non-hydrogen) atoms. The van der Waals surface area contributed by atoms with Gasteiger partial charge in [-0.05, 0) is 54.8 Å². The van der Waals surface area contributed by atoms with Crippen LogP contribution < -0.4 is 11.1 Å². The third-order valence-corrected chi connectivity index (χ3v) is 5.42. The molecular formula is C28H32N2O4. The predicted octanol–water partition coefficient (Wildman–Crippen LogP) is 6.09. The first-order valence-electron chi connectivity index (χ1n) is 11.3. The van der Waals surface area contributed by atoms with Gasteiger partial charge in [0, 0.05) is 30.1 Å². The molecule has 0 saturated carbocycles. The van der Waals surface area contributed by atoms with Crippen LogP contribution in [0.2, 0.25) is 0 Å². The maximum Gasteiger partial charge on any atom is 0.310 e. The van der Waals surface area contributed by atoms with Gasteiger partial charge in [-0.25, -0.2) is 0 Å². The fraction of sp³-hybridized carbons (Fsp3) is 0.250. The number of allylic oxidation sites excluding steroid dienone is 3. The molecule has 3 rings (SSSR count). The molecule has 1 aromatic heterocycles. The summed E-state index contributed by atoms with van der Waals surface area (Å²) in [7, 11) is 1.87. The Hall–Kier alpha value is -3.77. The Labute approximate surface area is 200 Å². The van der Waals surface area contributed by atoms with E-state index in [4.69, 9.17) is 19.6 Å². The molecule has 178 valence electrons. The Kier molecular flexibility index (Phi) is 8.71. The Balaban J connectivity index is 1.97. The first kappa shape index (κ1) is 24.9. The maximum atomic E-state index is 12.0. The Bertz CT molecular complexity index is 1220. The van der Waals surface area contributed by atoms with Crippen LogP contribution >= 0.6 is 0 Å². The monoisotopic (exact) mass is 460 g/mol. The zero-order valence-electron chi connectivity index (χ0n) is 20.0. The van der Waals surface area contributed by atoms with Gasteiger partial charge in [0.15, 0.2) is 5.58 Å². The number of benzene rings is 2. The average molecular weight is 461 g/mol. The molecule has 0 fully saturated rings. The van der Waals surface area contributed by atoms with E-state index in [1.54, 1.807) is 19.3 Å². The largest absolute Gasteiger partial charge is 0.488 e. The van der Waals surface area contributed by atoms with Gasteiger partial charge in [0.1, 0.15) is 12.4 Å². The van der Waals surface area contributed by atoms with E-state index in [9.17, 15) is 4.79 Å². The molecule has 2 aromatic carbocycles. The standard InChI is InChI=1S/C28H32N2O4/c1-5-9-26(20(6-2)15-27(31)32-7-3)33-17-23-18-34-28-24(23)13-22(14-25(28)30-4)21-11-8-10-19(12-21)16-29/h5-6,8-14,18,30H,2,7,15-17,29H2,1,3-4H3/b9-5-,26-20-. The molecule has 0 spiro atoms. The van der Waals surface area contributed by atoms with E-state index >= 15 is 0 Å². The van der Waals surface area contributed by atoms with Crippen LogP contribution in [0.25, 0.3) is 22.1 Å². The van der Waals surface area contributed by atoms with Gasteiger partial charge in [0.2, 0.25) is 0 Å². The Morgan fingerprint density at radius 1 is 1.21 bits per heavy atom. The highest BCUT2D eigenvalue weighted by molar-refractivity contribution is 5.95. The zero-order valence-corrected chi connectivity index (χ0v) is 20.0. The molecule has 0 aliphatic rings. The van der Waals surface area contributed by atoms with Crippen molar-refractivity contribution in [1.29, 1.82) is 0 Å². The van der Waals surface area contributed by atoms with Crippen LogP contribution in [0.5, 0.6) is 0 Å². The van der Waals surface area contributed by atoms with Gasteiger partial charge in [0.25, 0.3) is 0 Å². The second-order valence-corrected chi connectivity index (χ2v) is 7.68. The van der Waals surface area contributed by atoms with E-state index < -0.39 is 0 Å². The molecule has 1 heterocycles. The van der Waals surface area contributed by atoms with Crippen molar-refractivity contribution in [1.82, 2.24) is 0 Å². The number of nitrogens with one attached hydrogen (secondary N) is 1. The maximum absolute atomic E-state index is 12.0. The SMILES string of the molecule is C=C/C(CC(=O)OCC)=C(\C=C/C)OCc1coc2c(NC)cc(-c3cccc(CN)c3)cc12. The summed E-state index contributed by atoms with van der Waals surface area (Å²) in [5, 5.41) is 4.17. The van der Waals surface area contributed by atoms with Crippen LogP contribution in [0.1, 0.15) is 31.4 Å². The first-order chi connectivity index (χ1) is 16.5. The molecule has 0 aliphatic carbocycles. The molecule has 0 atom stereocenters. The molecule has 0 aliphatic heterocycles. The number of nitrogens with two attached hydrogens (primary N) is 1. The second kappa shape index (κ2) is 11.9. The van der Waals surface area contributed by atoms with Crippen molar-refractivity contribution in [2.24, 2.45) is 5.73 Å². The van der Waals surface area contributed by atoms with E-state index in [0.717, 1.165) is 38.9 Å². The number of anilines is 1. The van der Waals surface area contributed by atoms with Gasteiger partial charge in [-0.2, -0.15) is 0 Å². The Morgan fingerprint density at radius 3 is 2.71 bits per heavy atom. The molecule has 0 amide bonds. The van der Waals surface area contributed by atoms with Crippen LogP contribution in [0, 0.1) is 0 Å². The van der Waals surface area contributed by atoms with Crippen molar-refractivity contribution in [2.45, 2.75) is 33.4 Å². The van der Waals surface area contributed by atoms with Crippen LogP contribution in [-0.2, 0) is 27.4 Å². The minimum atomic E-state index is -0.320. The molecule has 0 radical (unpaired) electrons. The number of hydrogen-bond acceptors (Lipinski definition) is 6. The van der Waals surface area contributed by atoms with E-state index in [-0.39, 0.29) is 19.0 Å². The van der Waals surface area contributed by atoms with Gasteiger partial charge < -0.3 is 24.9 Å². The number of fused-ring (bicyclic) bond motifs is 1. The Morgan fingerprint density at radius 2 is 2.03 bits per heavy atom. The minimum Gasteiger partial charge on any atom is -0.488 e. The van der Waals surface area contributed by atoms with Gasteiger partial charge in [0.05, 0.1) is 25.0 Å². The zero-order chi connectivity index (χ0) is 24.5. The fourth-order valence-corrected chi connectivity index (χ4v) is 3.71. The third-order valence-electron chi connectivity index (χ3n) is 5.42. The highest BCUT2D eigenvalue weighted by Gasteiger charge is 2.15. The molecule has 0 bridgehead atoms. The number of esters is 1. The quantitative estimate of drug-likeness (QED) is 0.205. The van der Waals surface area contributed by atoms with E-state index in [0.29, 0.717) is 24.5 Å². The summed E-state index contributed by atoms with van der Waals surface area (Å²) in [6, 6.07) is 12.3. The summed E-state index contributed by atoms with van der Waals surface area (Å²) in [6.07, 6.45) is 7.11. The summed E-state index contributed by atoms with van der Waals surface area (Å²) in [6.45, 7) is 8.59. The fourth-order valence-electron chi connectivity index (χ4n) is 3.71. The molecule has 3 aromatic rings. The number of hydrogen-bond donors (Lipinski definition) is 2. The number of ether oxygens (including phenoxy) is 2. The smallest absolute Gasteiger partial charge is 0.310 e. The first-order valence-corrected chi connectivity index (χ1v) is 11.3. The van der Waals surface area contributed by atoms with E-state index in [1.165, 1.54) is 0 Å². The van der Waals surface area contributed by atoms with Crippen molar-refractivity contribution >= 4 is 22.6 Å². The lowest BCUT2D eigenvalue weighted by Crippen LogP contribution is -2.06. The second-order valence-electron chi connectivity index (χ2n) is 7.68. The highest BCUT2D eigenvalue weighted by Crippen LogP contribution is 2.35. The van der Waals surface area contributed by atoms with Gasteiger partial charge in [-0.1, -0.05) is 36.9 Å². The molecule has 0 saturated heterocycles. The molecule has 0 unspecified atom stereocenters. The van der Waals surface area contributed by atoms with E-state index in [1.807, 2.05) is 38.3 Å². The van der Waals surface area contributed by atoms with Gasteiger partial charge in [-0.15, -0.1) is 0 Å². The van der Waals surface area contributed by atoms with Gasteiger partial charge >= 0.3 is 5.97 Å². The third kappa shape index (κ3) is 5.77. The van der Waals surface area contributed by atoms with E-state index in [2.05, 4.69) is 36.2 Å². The molecule has 3 N–H and O–H groups in total. The van der Waals surface area contributed by atoms with Crippen LogP contribution in [0.4, 0.5) is 5.69 Å². The van der Waals surface area contributed by atoms with Crippen LogP contribution in [0.15, 0.2) is 83.2 Å². The summed E-state index contributed by atoms with van der Waals surface area (Å²) < 4.78 is 17.1. The summed E-state index contributed by atoms with van der Waals surface area (Å²) in [5.74, 6) is 0.250. The van der Waals surface area contributed by atoms with Crippen LogP contribution in [-0.4, -0.2) is 19.6 Å². The predicted molar refractivity (Wildman–Crippen MR) is 137 cm³/mol. The molecular weight excluding hydrogens is 428 g/mol.